The second kappa shape index (κ2) is 7.10. The predicted molar refractivity (Wildman–Crippen MR) is 127 cm³/mol. The number of fused-ring (bicyclic) bond motifs is 3. The number of carbonyl (C=O) groups excluding carboxylic acids is 1. The van der Waals surface area contributed by atoms with Gasteiger partial charge < -0.3 is 10.3 Å². The van der Waals surface area contributed by atoms with Crippen molar-refractivity contribution in [1.29, 1.82) is 0 Å². The van der Waals surface area contributed by atoms with Gasteiger partial charge in [-0.25, -0.2) is 4.98 Å². The van der Waals surface area contributed by atoms with Gasteiger partial charge in [-0.05, 0) is 74.7 Å². The van der Waals surface area contributed by atoms with Gasteiger partial charge in [-0.15, -0.1) is 0 Å². The molecule has 1 aromatic carbocycles. The Morgan fingerprint density at radius 2 is 1.81 bits per heavy atom. The van der Waals surface area contributed by atoms with E-state index in [-0.39, 0.29) is 5.41 Å². The van der Waals surface area contributed by atoms with Crippen molar-refractivity contribution < 1.29 is 4.79 Å². The monoisotopic (exact) mass is 422 g/mol. The highest BCUT2D eigenvalue weighted by molar-refractivity contribution is 6.04. The van der Waals surface area contributed by atoms with Gasteiger partial charge in [0.15, 0.2) is 5.78 Å². The lowest BCUT2D eigenvalue weighted by Gasteiger charge is -2.34. The maximum Gasteiger partial charge on any atom is 0.164 e. The first-order chi connectivity index (χ1) is 15.6. The molecular weight excluding hydrogens is 396 g/mol. The molecule has 5 heteroatoms. The Labute approximate surface area is 187 Å². The summed E-state index contributed by atoms with van der Waals surface area (Å²) in [4.78, 5) is 25.3. The summed E-state index contributed by atoms with van der Waals surface area (Å²) in [6.45, 7) is 6.10. The molecule has 3 aromatic heterocycles. The number of aromatic amines is 1. The van der Waals surface area contributed by atoms with E-state index in [0.717, 1.165) is 70.5 Å². The van der Waals surface area contributed by atoms with Crippen LogP contribution < -0.4 is 5.32 Å². The predicted octanol–water partition coefficient (Wildman–Crippen LogP) is 5.12. The molecule has 5 nitrogen and oxygen atoms in total. The van der Waals surface area contributed by atoms with Crippen LogP contribution in [0.1, 0.15) is 46.4 Å². The summed E-state index contributed by atoms with van der Waals surface area (Å²) in [6.07, 6.45) is 8.50. The third kappa shape index (κ3) is 2.84. The minimum Gasteiger partial charge on any atom is -0.346 e. The summed E-state index contributed by atoms with van der Waals surface area (Å²) in [5, 5.41) is 4.54. The maximum absolute atomic E-state index is 12.8. The molecule has 1 aliphatic carbocycles. The number of aryl methyl sites for hydroxylation is 2. The Morgan fingerprint density at radius 1 is 0.969 bits per heavy atom. The van der Waals surface area contributed by atoms with Gasteiger partial charge in [0.05, 0.1) is 0 Å². The van der Waals surface area contributed by atoms with Crippen molar-refractivity contribution in [1.82, 2.24) is 20.3 Å². The number of carbonyl (C=O) groups is 1. The van der Waals surface area contributed by atoms with Gasteiger partial charge in [0.2, 0.25) is 0 Å². The highest BCUT2D eigenvalue weighted by Crippen LogP contribution is 2.46. The van der Waals surface area contributed by atoms with Gasteiger partial charge in [-0.1, -0.05) is 12.1 Å². The van der Waals surface area contributed by atoms with Crippen molar-refractivity contribution in [2.24, 2.45) is 0 Å². The third-order valence-electron chi connectivity index (χ3n) is 7.43. The molecule has 0 unspecified atom stereocenters. The van der Waals surface area contributed by atoms with Crippen LogP contribution >= 0.6 is 0 Å². The molecule has 1 aliphatic heterocycles. The van der Waals surface area contributed by atoms with Crippen LogP contribution in [0.15, 0.2) is 48.9 Å². The zero-order valence-electron chi connectivity index (χ0n) is 18.5. The van der Waals surface area contributed by atoms with E-state index < -0.39 is 0 Å². The summed E-state index contributed by atoms with van der Waals surface area (Å²) >= 11 is 0. The van der Waals surface area contributed by atoms with E-state index in [1.54, 1.807) is 0 Å². The molecule has 0 atom stereocenters. The first kappa shape index (κ1) is 19.4. The van der Waals surface area contributed by atoms with Crippen LogP contribution in [0.5, 0.6) is 0 Å². The van der Waals surface area contributed by atoms with Crippen LogP contribution in [0.3, 0.4) is 0 Å². The number of piperidine rings is 1. The van der Waals surface area contributed by atoms with Crippen LogP contribution in [0.4, 0.5) is 0 Å². The molecule has 0 radical (unpaired) electrons. The first-order valence-electron chi connectivity index (χ1n) is 11.3. The molecule has 6 rings (SSSR count). The summed E-state index contributed by atoms with van der Waals surface area (Å²) in [5.41, 5.74) is 9.70. The van der Waals surface area contributed by atoms with Crippen LogP contribution in [0.25, 0.3) is 33.3 Å². The fourth-order valence-electron chi connectivity index (χ4n) is 5.75. The fourth-order valence-corrected chi connectivity index (χ4v) is 5.75. The third-order valence-corrected chi connectivity index (χ3v) is 7.43. The van der Waals surface area contributed by atoms with Crippen LogP contribution in [0.2, 0.25) is 0 Å². The second-order valence-corrected chi connectivity index (χ2v) is 9.30. The highest BCUT2D eigenvalue weighted by Gasteiger charge is 2.43. The normalized spacial score (nSPS) is 17.2. The number of ketones is 1. The molecular formula is C27H26N4O. The summed E-state index contributed by atoms with van der Waals surface area (Å²) in [6, 6.07) is 10.6. The minimum absolute atomic E-state index is 0.00682. The Hall–Kier alpha value is -3.31. The van der Waals surface area contributed by atoms with Crippen LogP contribution in [-0.2, 0) is 5.41 Å². The number of nitrogens with zero attached hydrogens (tertiary/aromatic N) is 2. The van der Waals surface area contributed by atoms with E-state index >= 15 is 0 Å². The number of aromatic nitrogens is 3. The number of H-pyrrole nitrogens is 1. The summed E-state index contributed by atoms with van der Waals surface area (Å²) < 4.78 is 0. The average Bonchev–Trinajstić information content (AvgIpc) is 3.33. The quantitative estimate of drug-likeness (QED) is 0.471. The van der Waals surface area contributed by atoms with E-state index in [9.17, 15) is 4.79 Å². The van der Waals surface area contributed by atoms with Gasteiger partial charge in [0.1, 0.15) is 5.65 Å². The lowest BCUT2D eigenvalue weighted by molar-refractivity contribution is 0.0964. The van der Waals surface area contributed by atoms with Crippen molar-refractivity contribution >= 4 is 16.8 Å². The lowest BCUT2D eigenvalue weighted by Crippen LogP contribution is -2.38. The van der Waals surface area contributed by atoms with E-state index in [1.165, 1.54) is 11.1 Å². The van der Waals surface area contributed by atoms with Gasteiger partial charge in [-0.3, -0.25) is 9.78 Å². The molecule has 1 saturated heterocycles. The molecule has 2 aliphatic rings. The topological polar surface area (TPSA) is 70.7 Å². The summed E-state index contributed by atoms with van der Waals surface area (Å²) in [7, 11) is 0. The zero-order valence-corrected chi connectivity index (χ0v) is 18.5. The van der Waals surface area contributed by atoms with Crippen molar-refractivity contribution in [3.8, 4) is 22.3 Å². The SMILES string of the molecule is Cc1ccnc(C)c1-c1cnc2[nH]cc(-c3ccc4c(c3)C3(CCNCC3)CC4=O)c2c1. The largest absolute Gasteiger partial charge is 0.346 e. The molecule has 0 bridgehead atoms. The molecule has 1 spiro atoms. The fraction of sp³-hybridized carbons (Fsp3) is 0.296. The van der Waals surface area contributed by atoms with E-state index in [1.807, 2.05) is 37.6 Å². The standard InChI is InChI=1S/C27H26N4O/c1-16-5-8-29-17(2)25(16)19-11-21-22(15-31-26(21)30-14-19)18-3-4-20-23(12-18)27(13-24(20)32)6-9-28-10-7-27/h3-5,8,11-12,14-15,28H,6-7,9-10,13H2,1-2H3,(H,30,31). The molecule has 2 N–H and O–H groups in total. The number of hydrogen-bond acceptors (Lipinski definition) is 4. The lowest BCUT2D eigenvalue weighted by atomic mass is 9.74. The Morgan fingerprint density at radius 3 is 2.62 bits per heavy atom. The zero-order chi connectivity index (χ0) is 21.9. The number of nitrogens with one attached hydrogen (secondary N) is 2. The van der Waals surface area contributed by atoms with E-state index in [2.05, 4.69) is 40.4 Å². The molecule has 0 amide bonds. The first-order valence-corrected chi connectivity index (χ1v) is 11.3. The molecule has 4 heterocycles. The smallest absolute Gasteiger partial charge is 0.164 e. The minimum atomic E-state index is -0.00682. The number of Topliss-reactive ketones (excluding diaryl/α,β-unsaturated/α-hetero) is 1. The molecule has 4 aromatic rings. The number of benzene rings is 1. The Bertz CT molecular complexity index is 1360. The number of hydrogen-bond donors (Lipinski definition) is 2. The Balaban J connectivity index is 1.50. The molecule has 32 heavy (non-hydrogen) atoms. The van der Waals surface area contributed by atoms with Crippen molar-refractivity contribution in [3.63, 3.8) is 0 Å². The number of rotatable bonds is 2. The second-order valence-electron chi connectivity index (χ2n) is 9.30. The van der Waals surface area contributed by atoms with Crippen molar-refractivity contribution in [3.05, 3.63) is 71.3 Å². The average molecular weight is 423 g/mol. The van der Waals surface area contributed by atoms with Gasteiger partial charge >= 0.3 is 0 Å². The molecule has 1 fully saturated rings. The van der Waals surface area contributed by atoms with E-state index in [4.69, 9.17) is 4.98 Å². The molecule has 160 valence electrons. The van der Waals surface area contributed by atoms with E-state index in [0.29, 0.717) is 12.2 Å². The highest BCUT2D eigenvalue weighted by atomic mass is 16.1. The van der Waals surface area contributed by atoms with Gasteiger partial charge in [-0.2, -0.15) is 0 Å². The summed E-state index contributed by atoms with van der Waals surface area (Å²) in [5.74, 6) is 0.291. The maximum atomic E-state index is 12.8. The number of pyridine rings is 2. The van der Waals surface area contributed by atoms with Crippen LogP contribution in [0, 0.1) is 13.8 Å². The Kier molecular flexibility index (Phi) is 4.30. The van der Waals surface area contributed by atoms with Crippen molar-refractivity contribution in [2.45, 2.75) is 38.5 Å². The molecule has 0 saturated carbocycles. The van der Waals surface area contributed by atoms with Crippen LogP contribution in [-0.4, -0.2) is 33.8 Å². The van der Waals surface area contributed by atoms with Gasteiger partial charge in [0.25, 0.3) is 0 Å². The van der Waals surface area contributed by atoms with Gasteiger partial charge in [0, 0.05) is 63.8 Å². The van der Waals surface area contributed by atoms with Crippen molar-refractivity contribution in [2.75, 3.05) is 13.1 Å².